The second-order valence-electron chi connectivity index (χ2n) is 10.0. The Balaban J connectivity index is 2.10. The Bertz CT molecular complexity index is 966. The van der Waals surface area contributed by atoms with Crippen molar-refractivity contribution in [1.82, 2.24) is 10.6 Å². The molecule has 186 valence electrons. The maximum absolute atomic E-state index is 5.90. The second kappa shape index (κ2) is 12.4. The standard InChI is InChI=1S/C30H44N2O2/c1-20(2)30-26(24-18-22(12-14-31-4)8-10-28(24)33-6)16-21(3)17-27(30)25-19-23(13-15-32-5)9-11-29(25)34-7/h8-11,16,18-20,26-27,30-32H,12-15,17H2,1-7H3/t26-,27-,30+/m0/s1. The van der Waals surface area contributed by atoms with Gasteiger partial charge in [-0.2, -0.15) is 0 Å². The lowest BCUT2D eigenvalue weighted by molar-refractivity contribution is 0.264. The van der Waals surface area contributed by atoms with Crippen molar-refractivity contribution in [3.63, 3.8) is 0 Å². The van der Waals surface area contributed by atoms with Gasteiger partial charge in [0, 0.05) is 11.5 Å². The van der Waals surface area contributed by atoms with Crippen LogP contribution in [0.3, 0.4) is 0 Å². The van der Waals surface area contributed by atoms with Crippen molar-refractivity contribution < 1.29 is 9.47 Å². The number of ether oxygens (including phenoxy) is 2. The third-order valence-electron chi connectivity index (χ3n) is 7.33. The van der Waals surface area contributed by atoms with Crippen LogP contribution in [-0.2, 0) is 12.8 Å². The molecule has 1 aliphatic carbocycles. The first-order valence-corrected chi connectivity index (χ1v) is 12.7. The minimum atomic E-state index is 0.300. The van der Waals surface area contributed by atoms with Gasteiger partial charge in [-0.05, 0) is 99.9 Å². The van der Waals surface area contributed by atoms with E-state index in [1.165, 1.54) is 27.8 Å². The number of methoxy groups -OCH3 is 2. The van der Waals surface area contributed by atoms with Gasteiger partial charge in [-0.3, -0.25) is 0 Å². The molecule has 0 radical (unpaired) electrons. The zero-order chi connectivity index (χ0) is 24.7. The van der Waals surface area contributed by atoms with E-state index < -0.39 is 0 Å². The Hall–Kier alpha value is -2.30. The van der Waals surface area contributed by atoms with Gasteiger partial charge in [-0.25, -0.2) is 0 Å². The Labute approximate surface area is 207 Å². The molecule has 4 heteroatoms. The second-order valence-corrected chi connectivity index (χ2v) is 10.0. The minimum Gasteiger partial charge on any atom is -0.496 e. The van der Waals surface area contributed by atoms with Crippen molar-refractivity contribution in [2.45, 2.75) is 51.9 Å². The fourth-order valence-corrected chi connectivity index (χ4v) is 5.68. The molecule has 0 heterocycles. The van der Waals surface area contributed by atoms with E-state index in [0.717, 1.165) is 43.9 Å². The van der Waals surface area contributed by atoms with Crippen LogP contribution in [0.15, 0.2) is 48.0 Å². The topological polar surface area (TPSA) is 42.5 Å². The molecule has 34 heavy (non-hydrogen) atoms. The maximum Gasteiger partial charge on any atom is 0.122 e. The normalized spacial score (nSPS) is 20.4. The third kappa shape index (κ3) is 6.03. The molecule has 0 saturated carbocycles. The van der Waals surface area contributed by atoms with E-state index in [0.29, 0.717) is 23.7 Å². The van der Waals surface area contributed by atoms with E-state index in [2.05, 4.69) is 73.9 Å². The zero-order valence-corrected chi connectivity index (χ0v) is 22.2. The van der Waals surface area contributed by atoms with Gasteiger partial charge in [-0.15, -0.1) is 0 Å². The smallest absolute Gasteiger partial charge is 0.122 e. The average Bonchev–Trinajstić information content (AvgIpc) is 2.85. The molecule has 0 aliphatic heterocycles. The van der Waals surface area contributed by atoms with Crippen molar-refractivity contribution in [3.8, 4) is 11.5 Å². The molecule has 3 rings (SSSR count). The molecule has 0 bridgehead atoms. The molecular formula is C30H44N2O2. The van der Waals surface area contributed by atoms with Crippen molar-refractivity contribution in [1.29, 1.82) is 0 Å². The Morgan fingerprint density at radius 3 is 1.88 bits per heavy atom. The van der Waals surface area contributed by atoms with E-state index in [1.807, 2.05) is 14.1 Å². The maximum atomic E-state index is 5.90. The fourth-order valence-electron chi connectivity index (χ4n) is 5.68. The fraction of sp³-hybridized carbons (Fsp3) is 0.533. The van der Waals surface area contributed by atoms with Gasteiger partial charge in [-0.1, -0.05) is 49.8 Å². The van der Waals surface area contributed by atoms with Crippen LogP contribution in [0.2, 0.25) is 0 Å². The summed E-state index contributed by atoms with van der Waals surface area (Å²) in [6.45, 7) is 8.97. The quantitative estimate of drug-likeness (QED) is 0.418. The van der Waals surface area contributed by atoms with Crippen molar-refractivity contribution in [2.24, 2.45) is 11.8 Å². The zero-order valence-electron chi connectivity index (χ0n) is 22.2. The molecule has 0 fully saturated rings. The highest BCUT2D eigenvalue weighted by molar-refractivity contribution is 5.47. The summed E-state index contributed by atoms with van der Waals surface area (Å²) in [5, 5.41) is 6.56. The van der Waals surface area contributed by atoms with Gasteiger partial charge < -0.3 is 20.1 Å². The molecule has 2 aromatic rings. The lowest BCUT2D eigenvalue weighted by Crippen LogP contribution is -2.29. The molecule has 0 unspecified atom stereocenters. The molecule has 2 aromatic carbocycles. The van der Waals surface area contributed by atoms with Crippen molar-refractivity contribution in [3.05, 3.63) is 70.3 Å². The summed E-state index contributed by atoms with van der Waals surface area (Å²) >= 11 is 0. The van der Waals surface area contributed by atoms with Crippen LogP contribution in [0.5, 0.6) is 11.5 Å². The highest BCUT2D eigenvalue weighted by Gasteiger charge is 2.38. The minimum absolute atomic E-state index is 0.300. The number of hydrogen-bond donors (Lipinski definition) is 2. The monoisotopic (exact) mass is 464 g/mol. The van der Waals surface area contributed by atoms with Gasteiger partial charge >= 0.3 is 0 Å². The SMILES string of the molecule is CNCCc1ccc(OC)c([C@@H]2C=C(C)C[C@@H](c3cc(CCNC)ccc3OC)[C@@H]2C(C)C)c1. The first-order chi connectivity index (χ1) is 16.4. The van der Waals surface area contributed by atoms with Crippen LogP contribution >= 0.6 is 0 Å². The average molecular weight is 465 g/mol. The van der Waals surface area contributed by atoms with Gasteiger partial charge in [0.05, 0.1) is 14.2 Å². The molecule has 2 N–H and O–H groups in total. The van der Waals surface area contributed by atoms with Gasteiger partial charge in [0.1, 0.15) is 11.5 Å². The lowest BCUT2D eigenvalue weighted by Gasteiger charge is -2.41. The van der Waals surface area contributed by atoms with Crippen LogP contribution in [-0.4, -0.2) is 41.4 Å². The number of benzene rings is 2. The van der Waals surface area contributed by atoms with Gasteiger partial charge in [0.25, 0.3) is 0 Å². The lowest BCUT2D eigenvalue weighted by atomic mass is 9.64. The first kappa shape index (κ1) is 26.3. The molecule has 4 nitrogen and oxygen atoms in total. The molecule has 3 atom stereocenters. The summed E-state index contributed by atoms with van der Waals surface area (Å²) < 4.78 is 11.8. The van der Waals surface area contributed by atoms with Crippen LogP contribution in [0.4, 0.5) is 0 Å². The summed E-state index contributed by atoms with van der Waals surface area (Å²) in [4.78, 5) is 0. The molecular weight excluding hydrogens is 420 g/mol. The van der Waals surface area contributed by atoms with Crippen molar-refractivity contribution in [2.75, 3.05) is 41.4 Å². The number of hydrogen-bond acceptors (Lipinski definition) is 4. The van der Waals surface area contributed by atoms with E-state index in [1.54, 1.807) is 14.2 Å². The Morgan fingerprint density at radius 1 is 0.853 bits per heavy atom. The molecule has 0 amide bonds. The largest absolute Gasteiger partial charge is 0.496 e. The van der Waals surface area contributed by atoms with E-state index in [-0.39, 0.29) is 0 Å². The number of likely N-dealkylation sites (N-methyl/N-ethyl adjacent to an activating group) is 2. The van der Waals surface area contributed by atoms with E-state index >= 15 is 0 Å². The van der Waals surface area contributed by atoms with Gasteiger partial charge in [0.2, 0.25) is 0 Å². The van der Waals surface area contributed by atoms with E-state index in [4.69, 9.17) is 9.47 Å². The summed E-state index contributed by atoms with van der Waals surface area (Å²) in [5.74, 6) is 3.65. The Morgan fingerprint density at radius 2 is 1.38 bits per heavy atom. The predicted molar refractivity (Wildman–Crippen MR) is 143 cm³/mol. The summed E-state index contributed by atoms with van der Waals surface area (Å²) in [6, 6.07) is 13.5. The van der Waals surface area contributed by atoms with Crippen molar-refractivity contribution >= 4 is 0 Å². The number of nitrogens with one attached hydrogen (secondary N) is 2. The summed E-state index contributed by atoms with van der Waals surface area (Å²) in [5.41, 5.74) is 6.81. The molecule has 1 aliphatic rings. The summed E-state index contributed by atoms with van der Waals surface area (Å²) in [6.07, 6.45) is 5.59. The first-order valence-electron chi connectivity index (χ1n) is 12.7. The molecule has 0 saturated heterocycles. The third-order valence-corrected chi connectivity index (χ3v) is 7.33. The Kier molecular flexibility index (Phi) is 9.61. The summed E-state index contributed by atoms with van der Waals surface area (Å²) in [7, 11) is 7.61. The van der Waals surface area contributed by atoms with E-state index in [9.17, 15) is 0 Å². The van der Waals surface area contributed by atoms with Crippen LogP contribution < -0.4 is 20.1 Å². The number of rotatable bonds is 11. The highest BCUT2D eigenvalue weighted by Crippen LogP contribution is 2.52. The highest BCUT2D eigenvalue weighted by atomic mass is 16.5. The van der Waals surface area contributed by atoms with Crippen LogP contribution in [0.25, 0.3) is 0 Å². The molecule has 0 spiro atoms. The number of allylic oxidation sites excluding steroid dienone is 2. The predicted octanol–water partition coefficient (Wildman–Crippen LogP) is 5.72. The van der Waals surface area contributed by atoms with Crippen LogP contribution in [0, 0.1) is 11.8 Å². The molecule has 0 aromatic heterocycles. The van der Waals surface area contributed by atoms with Crippen LogP contribution in [0.1, 0.15) is 61.3 Å². The van der Waals surface area contributed by atoms with Gasteiger partial charge in [0.15, 0.2) is 0 Å².